The molecular weight excluding hydrogens is 514 g/mol. The van der Waals surface area contributed by atoms with Gasteiger partial charge in [-0.05, 0) is 70.5 Å². The summed E-state index contributed by atoms with van der Waals surface area (Å²) in [5.74, 6) is 0.573. The first-order valence-electron chi connectivity index (χ1n) is 13.3. The van der Waals surface area contributed by atoms with Crippen molar-refractivity contribution in [3.05, 3.63) is 53.6 Å². The Morgan fingerprint density at radius 2 is 2.13 bits per heavy atom. The summed E-state index contributed by atoms with van der Waals surface area (Å²) in [4.78, 5) is 34.6. The van der Waals surface area contributed by atoms with Crippen molar-refractivity contribution >= 4 is 35.9 Å². The Bertz CT molecular complexity index is 1180. The maximum absolute atomic E-state index is 12.0. The van der Waals surface area contributed by atoms with Gasteiger partial charge in [-0.25, -0.2) is 9.29 Å². The fourth-order valence-electron chi connectivity index (χ4n) is 4.44. The Labute approximate surface area is 235 Å². The van der Waals surface area contributed by atoms with Gasteiger partial charge in [-0.3, -0.25) is 14.6 Å². The van der Waals surface area contributed by atoms with Gasteiger partial charge in [0.25, 0.3) is 0 Å². The van der Waals surface area contributed by atoms with E-state index < -0.39 is 0 Å². The number of aryl methyl sites for hydroxylation is 1. The van der Waals surface area contributed by atoms with Gasteiger partial charge in [0, 0.05) is 61.3 Å². The molecule has 0 aromatic carbocycles. The maximum atomic E-state index is 12.0. The van der Waals surface area contributed by atoms with Gasteiger partial charge in [0.1, 0.15) is 5.82 Å². The van der Waals surface area contributed by atoms with Crippen molar-refractivity contribution in [1.82, 2.24) is 19.2 Å². The van der Waals surface area contributed by atoms with Crippen LogP contribution in [-0.2, 0) is 27.9 Å². The number of nitrogens with one attached hydrogen (secondary N) is 1. The number of rotatable bonds is 9. The fourth-order valence-corrected chi connectivity index (χ4v) is 5.58. The van der Waals surface area contributed by atoms with Crippen molar-refractivity contribution in [3.8, 4) is 0 Å². The van der Waals surface area contributed by atoms with E-state index in [4.69, 9.17) is 10.5 Å². The summed E-state index contributed by atoms with van der Waals surface area (Å²) in [7, 11) is 2.11. The van der Waals surface area contributed by atoms with Gasteiger partial charge >= 0.3 is 5.97 Å². The molecule has 0 spiro atoms. The molecule has 0 radical (unpaired) electrons. The summed E-state index contributed by atoms with van der Waals surface area (Å²) < 4.78 is 9.83. The van der Waals surface area contributed by atoms with Crippen LogP contribution in [0.2, 0.25) is 0 Å². The zero-order valence-corrected chi connectivity index (χ0v) is 24.4. The van der Waals surface area contributed by atoms with Crippen LogP contribution >= 0.6 is 11.9 Å². The summed E-state index contributed by atoms with van der Waals surface area (Å²) >= 11 is 1.81. The van der Waals surface area contributed by atoms with E-state index in [1.807, 2.05) is 44.0 Å². The number of nitrogens with zero attached hydrogens (tertiary/aromatic N) is 5. The van der Waals surface area contributed by atoms with Gasteiger partial charge in [0.2, 0.25) is 6.41 Å². The summed E-state index contributed by atoms with van der Waals surface area (Å²) in [5.41, 5.74) is 10.0. The maximum Gasteiger partial charge on any atom is 0.311 e. The molecule has 0 aliphatic carbocycles. The van der Waals surface area contributed by atoms with Crippen molar-refractivity contribution in [2.45, 2.75) is 51.7 Å². The summed E-state index contributed by atoms with van der Waals surface area (Å²) in [6, 6.07) is 6.01. The van der Waals surface area contributed by atoms with Crippen molar-refractivity contribution < 1.29 is 14.3 Å². The number of carbonyl (C=O) groups excluding carboxylic acids is 2. The van der Waals surface area contributed by atoms with E-state index >= 15 is 0 Å². The minimum atomic E-state index is -0.143. The van der Waals surface area contributed by atoms with Crippen molar-refractivity contribution in [2.24, 2.45) is 23.7 Å². The molecule has 2 aliphatic rings. The highest BCUT2D eigenvalue weighted by molar-refractivity contribution is 7.97. The topological polar surface area (TPSA) is 118 Å². The van der Waals surface area contributed by atoms with E-state index in [2.05, 4.69) is 56.0 Å². The number of hydrogen-bond acceptors (Lipinski definition) is 9. The molecule has 212 valence electrons. The van der Waals surface area contributed by atoms with E-state index in [9.17, 15) is 9.59 Å². The molecule has 2 aromatic heterocycles. The second kappa shape index (κ2) is 14.7. The molecule has 1 amide bonds. The minimum Gasteiger partial charge on any atom is -0.463 e. The van der Waals surface area contributed by atoms with Crippen LogP contribution in [0.1, 0.15) is 37.2 Å². The first-order valence-corrected chi connectivity index (χ1v) is 14.0. The van der Waals surface area contributed by atoms with Crippen molar-refractivity contribution in [1.29, 1.82) is 0 Å². The predicted octanol–water partition coefficient (Wildman–Crippen LogP) is 2.98. The number of ether oxygens (including phenoxy) is 1. The van der Waals surface area contributed by atoms with Gasteiger partial charge in [-0.15, -0.1) is 0 Å². The SMILES string of the molecule is CC(C)OC(=O)C1CCN(c2ncccc2CNC=O)C1.Cc1cc(SN2CCN=C(/C=C\N)C2)c(C)n1C. The Morgan fingerprint density at radius 1 is 1.33 bits per heavy atom. The predicted molar refractivity (Wildman–Crippen MR) is 157 cm³/mol. The van der Waals surface area contributed by atoms with E-state index in [1.54, 1.807) is 12.4 Å². The van der Waals surface area contributed by atoms with Crippen LogP contribution in [0.4, 0.5) is 5.82 Å². The Morgan fingerprint density at radius 3 is 2.79 bits per heavy atom. The molecule has 0 bridgehead atoms. The standard InChI is InChI=1S/C15H21N3O3.C13H20N4S/c1-11(2)21-15(20)13-5-7-18(9-13)14-12(8-16-10-19)4-3-6-17-14;1-10-8-13(11(2)16(10)3)18-17-7-6-15-12(9-17)4-5-14/h3-4,6,10-11,13H,5,7-9H2,1-2H3,(H,16,19);4-5,8H,6-7,9,14H2,1-3H3/b;5-4-. The van der Waals surface area contributed by atoms with Crippen molar-refractivity contribution in [2.75, 3.05) is 37.6 Å². The van der Waals surface area contributed by atoms with Gasteiger partial charge in [0.05, 0.1) is 30.8 Å². The van der Waals surface area contributed by atoms with Gasteiger partial charge in [0.15, 0.2) is 0 Å². The van der Waals surface area contributed by atoms with Crippen LogP contribution in [0.15, 0.2) is 46.6 Å². The van der Waals surface area contributed by atoms with Crippen LogP contribution < -0.4 is 16.0 Å². The lowest BCUT2D eigenvalue weighted by molar-refractivity contribution is -0.151. The van der Waals surface area contributed by atoms with E-state index in [0.717, 1.165) is 49.7 Å². The third-order valence-corrected chi connectivity index (χ3v) is 7.84. The largest absolute Gasteiger partial charge is 0.463 e. The van der Waals surface area contributed by atoms with E-state index in [1.165, 1.54) is 16.3 Å². The summed E-state index contributed by atoms with van der Waals surface area (Å²) in [6.07, 6.45) is 6.51. The molecule has 1 fully saturated rings. The molecule has 4 rings (SSSR count). The first-order chi connectivity index (χ1) is 18.7. The Hall–Kier alpha value is -3.31. The molecule has 1 atom stereocenters. The summed E-state index contributed by atoms with van der Waals surface area (Å²) in [5, 5.41) is 2.65. The molecule has 11 heteroatoms. The molecule has 2 aromatic rings. The average molecular weight is 556 g/mol. The quantitative estimate of drug-likeness (QED) is 0.276. The minimum absolute atomic E-state index is 0.0891. The monoisotopic (exact) mass is 555 g/mol. The van der Waals surface area contributed by atoms with Gasteiger partial charge < -0.3 is 25.3 Å². The molecule has 3 N–H and O–H groups in total. The number of nitrogens with two attached hydrogens (primary N) is 1. The molecule has 39 heavy (non-hydrogen) atoms. The lowest BCUT2D eigenvalue weighted by Gasteiger charge is -2.24. The third-order valence-electron chi connectivity index (χ3n) is 6.66. The molecule has 1 unspecified atom stereocenters. The smallest absolute Gasteiger partial charge is 0.311 e. The second-order valence-corrected chi connectivity index (χ2v) is 11.0. The second-order valence-electron chi connectivity index (χ2n) is 9.88. The van der Waals surface area contributed by atoms with Gasteiger partial charge in [-0.2, -0.15) is 0 Å². The number of amides is 1. The Kier molecular flexibility index (Phi) is 11.4. The van der Waals surface area contributed by atoms with Crippen LogP contribution in [-0.4, -0.2) is 70.8 Å². The molecule has 0 saturated carbocycles. The van der Waals surface area contributed by atoms with E-state index in [0.29, 0.717) is 19.5 Å². The normalized spacial score (nSPS) is 17.6. The molecule has 4 heterocycles. The number of carbonyl (C=O) groups is 2. The highest BCUT2D eigenvalue weighted by Gasteiger charge is 2.31. The number of anilines is 1. The highest BCUT2D eigenvalue weighted by Crippen LogP contribution is 2.29. The fraction of sp³-hybridized carbons (Fsp3) is 0.500. The number of aromatic nitrogens is 2. The highest BCUT2D eigenvalue weighted by atomic mass is 32.2. The molecule has 1 saturated heterocycles. The number of hydrogen-bond donors (Lipinski definition) is 2. The van der Waals surface area contributed by atoms with Crippen LogP contribution in [0.25, 0.3) is 0 Å². The van der Waals surface area contributed by atoms with Crippen LogP contribution in [0.5, 0.6) is 0 Å². The number of pyridine rings is 1. The lowest BCUT2D eigenvalue weighted by atomic mass is 10.1. The van der Waals surface area contributed by atoms with Crippen molar-refractivity contribution in [3.63, 3.8) is 0 Å². The first kappa shape index (κ1) is 30.2. The molecule has 10 nitrogen and oxygen atoms in total. The summed E-state index contributed by atoms with van der Waals surface area (Å²) in [6.45, 7) is 12.5. The van der Waals surface area contributed by atoms with E-state index in [-0.39, 0.29) is 18.0 Å². The molecule has 2 aliphatic heterocycles. The zero-order valence-electron chi connectivity index (χ0n) is 23.6. The number of aliphatic imine (C=N–C) groups is 1. The zero-order chi connectivity index (χ0) is 28.4. The Balaban J connectivity index is 0.000000218. The van der Waals surface area contributed by atoms with Crippen LogP contribution in [0.3, 0.4) is 0 Å². The van der Waals surface area contributed by atoms with Gasteiger partial charge in [-0.1, -0.05) is 6.07 Å². The third kappa shape index (κ3) is 8.59. The lowest BCUT2D eigenvalue weighted by Crippen LogP contribution is -2.30. The average Bonchev–Trinajstić information content (AvgIpc) is 3.50. The van der Waals surface area contributed by atoms with Crippen LogP contribution in [0, 0.1) is 19.8 Å². The molecular formula is C28H41N7O3S. The number of esters is 1.